The number of pyridine rings is 1. The van der Waals surface area contributed by atoms with Gasteiger partial charge in [-0.15, -0.1) is 11.3 Å². The number of nitrogens with zero attached hydrogens (tertiary/aromatic N) is 6. The van der Waals surface area contributed by atoms with Crippen LogP contribution in [-0.2, 0) is 6.42 Å². The van der Waals surface area contributed by atoms with Crippen LogP contribution in [0.4, 0.5) is 25.4 Å². The van der Waals surface area contributed by atoms with Crippen molar-refractivity contribution in [3.8, 4) is 29.0 Å². The number of aromatic nitrogens is 3. The second kappa shape index (κ2) is 11.7. The van der Waals surface area contributed by atoms with E-state index in [1.165, 1.54) is 12.1 Å². The second-order valence-electron chi connectivity index (χ2n) is 11.6. The molecule has 14 heteroatoms. The van der Waals surface area contributed by atoms with Crippen LogP contribution in [0.3, 0.4) is 0 Å². The van der Waals surface area contributed by atoms with Crippen molar-refractivity contribution < 1.29 is 18.3 Å². The van der Waals surface area contributed by atoms with E-state index in [-0.39, 0.29) is 78.2 Å². The molecule has 0 saturated carbocycles. The Balaban J connectivity index is 1.44. The van der Waals surface area contributed by atoms with E-state index in [4.69, 9.17) is 37.5 Å². The van der Waals surface area contributed by atoms with E-state index in [9.17, 15) is 9.65 Å². The van der Waals surface area contributed by atoms with Crippen LogP contribution >= 0.6 is 22.9 Å². The quantitative estimate of drug-likeness (QED) is 0.230. The molecule has 236 valence electrons. The van der Waals surface area contributed by atoms with Gasteiger partial charge in [-0.25, -0.2) is 13.8 Å². The van der Waals surface area contributed by atoms with Gasteiger partial charge < -0.3 is 30.7 Å². The summed E-state index contributed by atoms with van der Waals surface area (Å²) in [5.74, 6) is -0.444. The number of anilines is 3. The van der Waals surface area contributed by atoms with E-state index in [1.54, 1.807) is 6.20 Å². The summed E-state index contributed by atoms with van der Waals surface area (Å²) in [6.45, 7) is 1.42. The zero-order valence-corrected chi connectivity index (χ0v) is 26.6. The SMILES string of the molecule is CN1c2nc(OC[C@@H]3CCCN3C)nc3c(F)c(-c4ccc(F)c5sc(N)c(C#N)c45)c(Cl)c(c23)OCC1Cc1cccnc1N. The lowest BCUT2D eigenvalue weighted by molar-refractivity contribution is 0.188. The first-order valence-corrected chi connectivity index (χ1v) is 15.9. The smallest absolute Gasteiger partial charge is 0.319 e. The Morgan fingerprint density at radius 1 is 1.17 bits per heavy atom. The van der Waals surface area contributed by atoms with E-state index >= 15 is 4.39 Å². The van der Waals surface area contributed by atoms with Crippen LogP contribution in [0.2, 0.25) is 5.02 Å². The van der Waals surface area contributed by atoms with Gasteiger partial charge in [0.15, 0.2) is 11.6 Å². The molecule has 5 aromatic rings. The lowest BCUT2D eigenvalue weighted by Crippen LogP contribution is -2.38. The number of hydrogen-bond donors (Lipinski definition) is 2. The zero-order chi connectivity index (χ0) is 32.3. The number of nitrogens with two attached hydrogens (primary N) is 2. The minimum atomic E-state index is -0.788. The fourth-order valence-corrected chi connectivity index (χ4v) is 7.62. The van der Waals surface area contributed by atoms with Gasteiger partial charge >= 0.3 is 6.01 Å². The van der Waals surface area contributed by atoms with Crippen molar-refractivity contribution in [2.45, 2.75) is 31.3 Å². The van der Waals surface area contributed by atoms with Crippen LogP contribution in [-0.4, -0.2) is 65.8 Å². The molecule has 1 fully saturated rings. The van der Waals surface area contributed by atoms with Gasteiger partial charge in [0.25, 0.3) is 0 Å². The Kier molecular flexibility index (Phi) is 7.67. The minimum Gasteiger partial charge on any atom is -0.489 e. The van der Waals surface area contributed by atoms with Gasteiger partial charge in [0, 0.05) is 30.2 Å². The van der Waals surface area contributed by atoms with Crippen molar-refractivity contribution in [2.24, 2.45) is 0 Å². The number of ether oxygens (including phenoxy) is 2. The highest BCUT2D eigenvalue weighted by Crippen LogP contribution is 2.51. The molecule has 0 spiro atoms. The molecule has 2 aromatic carbocycles. The Labute approximate surface area is 272 Å². The number of likely N-dealkylation sites (tertiary alicyclic amines) is 1. The number of fused-ring (bicyclic) bond motifs is 1. The largest absolute Gasteiger partial charge is 0.489 e. The second-order valence-corrected chi connectivity index (χ2v) is 13.0. The first kappa shape index (κ1) is 30.2. The zero-order valence-electron chi connectivity index (χ0n) is 25.0. The van der Waals surface area contributed by atoms with Gasteiger partial charge in [-0.2, -0.15) is 15.2 Å². The van der Waals surface area contributed by atoms with Crippen LogP contribution in [0.1, 0.15) is 24.0 Å². The third-order valence-electron chi connectivity index (χ3n) is 8.90. The molecule has 0 amide bonds. The van der Waals surface area contributed by atoms with E-state index in [1.807, 2.05) is 37.2 Å². The first-order valence-electron chi connectivity index (χ1n) is 14.7. The van der Waals surface area contributed by atoms with Crippen molar-refractivity contribution in [1.29, 1.82) is 5.26 Å². The molecule has 3 aromatic heterocycles. The van der Waals surface area contributed by atoms with Gasteiger partial charge in [0.2, 0.25) is 0 Å². The first-order chi connectivity index (χ1) is 22.2. The highest BCUT2D eigenvalue weighted by Gasteiger charge is 2.34. The summed E-state index contributed by atoms with van der Waals surface area (Å²) in [6.07, 6.45) is 4.08. The average molecular weight is 663 g/mol. The number of rotatable bonds is 6. The Bertz CT molecular complexity index is 2070. The van der Waals surface area contributed by atoms with Crippen molar-refractivity contribution in [3.05, 3.63) is 58.2 Å². The molecule has 10 nitrogen and oxygen atoms in total. The van der Waals surface area contributed by atoms with E-state index in [2.05, 4.69) is 14.9 Å². The topological polar surface area (TPSA) is 139 Å². The van der Waals surface area contributed by atoms with Crippen molar-refractivity contribution in [2.75, 3.05) is 50.2 Å². The molecular formula is C32H29ClF2N8O2S. The number of benzene rings is 2. The molecule has 0 bridgehead atoms. The maximum atomic E-state index is 17.0. The van der Waals surface area contributed by atoms with Crippen LogP contribution < -0.4 is 25.8 Å². The lowest BCUT2D eigenvalue weighted by atomic mass is 9.96. The summed E-state index contributed by atoms with van der Waals surface area (Å²) in [5, 5.41) is 10.4. The Morgan fingerprint density at radius 3 is 2.74 bits per heavy atom. The summed E-state index contributed by atoms with van der Waals surface area (Å²) in [6, 6.07) is 8.18. The lowest BCUT2D eigenvalue weighted by Gasteiger charge is -2.27. The number of halogens is 3. The summed E-state index contributed by atoms with van der Waals surface area (Å²) >= 11 is 7.94. The maximum Gasteiger partial charge on any atom is 0.319 e. The standard InChI is InChI=1S/C32H29ClF2N8O2S/c1-42-10-4-6-16(42)13-45-32-40-26-23-27(44-14-17(43(2)31(23)41-32)11-15-5-3-9-39-29(15)37)24(33)22(25(26)35)18-7-8-20(34)28-21(18)19(12-36)30(38)46-28/h3,5,7-9,16-17H,4,6,10-11,13-14,38H2,1-2H3,(H2,37,39)/t16-,17?/m0/s1. The molecule has 2 aliphatic heterocycles. The summed E-state index contributed by atoms with van der Waals surface area (Å²) < 4.78 is 44.6. The molecule has 0 aliphatic carbocycles. The average Bonchev–Trinajstić information content (AvgIpc) is 3.58. The van der Waals surface area contributed by atoms with Crippen LogP contribution in [0.15, 0.2) is 30.5 Å². The normalized spacial score (nSPS) is 18.1. The van der Waals surface area contributed by atoms with E-state index < -0.39 is 11.6 Å². The highest BCUT2D eigenvalue weighted by atomic mass is 35.5. The third-order valence-corrected chi connectivity index (χ3v) is 10.3. The van der Waals surface area contributed by atoms with Crippen molar-refractivity contribution in [3.63, 3.8) is 0 Å². The molecule has 2 atom stereocenters. The maximum absolute atomic E-state index is 17.0. The van der Waals surface area contributed by atoms with Crippen molar-refractivity contribution in [1.82, 2.24) is 19.9 Å². The summed E-state index contributed by atoms with van der Waals surface area (Å²) in [5.41, 5.74) is 13.1. The Morgan fingerprint density at radius 2 is 2.00 bits per heavy atom. The third kappa shape index (κ3) is 4.88. The predicted molar refractivity (Wildman–Crippen MR) is 176 cm³/mol. The highest BCUT2D eigenvalue weighted by molar-refractivity contribution is 7.23. The minimum absolute atomic E-state index is 0.00365. The molecule has 5 heterocycles. The van der Waals surface area contributed by atoms with Crippen molar-refractivity contribution >= 4 is 60.6 Å². The fourth-order valence-electron chi connectivity index (χ4n) is 6.33. The molecule has 0 radical (unpaired) electrons. The van der Waals surface area contributed by atoms with Gasteiger partial charge in [0.05, 0.1) is 26.7 Å². The number of hydrogen-bond acceptors (Lipinski definition) is 11. The molecule has 2 aliphatic rings. The molecule has 7 rings (SSSR count). The molecule has 1 unspecified atom stereocenters. The number of thiophene rings is 1. The van der Waals surface area contributed by atoms with Gasteiger partial charge in [0.1, 0.15) is 47.3 Å². The molecular weight excluding hydrogens is 634 g/mol. The van der Waals surface area contributed by atoms with Gasteiger partial charge in [-0.05, 0) is 56.1 Å². The monoisotopic (exact) mass is 662 g/mol. The Hall–Kier alpha value is -4.51. The molecule has 46 heavy (non-hydrogen) atoms. The number of nitrogen functional groups attached to an aromatic ring is 2. The van der Waals surface area contributed by atoms with Gasteiger partial charge in [-0.1, -0.05) is 23.7 Å². The van der Waals surface area contributed by atoms with E-state index in [0.29, 0.717) is 24.7 Å². The summed E-state index contributed by atoms with van der Waals surface area (Å²) in [7, 11) is 3.87. The van der Waals surface area contributed by atoms with E-state index in [0.717, 1.165) is 36.3 Å². The van der Waals surface area contributed by atoms with Crippen LogP contribution in [0.5, 0.6) is 11.8 Å². The van der Waals surface area contributed by atoms with Crippen LogP contribution in [0, 0.1) is 23.0 Å². The number of nitriles is 1. The predicted octanol–water partition coefficient (Wildman–Crippen LogP) is 5.79. The van der Waals surface area contributed by atoms with Crippen LogP contribution in [0.25, 0.3) is 32.1 Å². The molecule has 1 saturated heterocycles. The fraction of sp³-hybridized carbons (Fsp3) is 0.312. The molecule has 4 N–H and O–H groups in total. The van der Waals surface area contributed by atoms with Gasteiger partial charge in [-0.3, -0.25) is 0 Å². The number of likely N-dealkylation sites (N-methyl/N-ethyl adjacent to an activating group) is 2. The summed E-state index contributed by atoms with van der Waals surface area (Å²) in [4.78, 5) is 17.6.